The molecular weight excluding hydrogens is 338 g/mol. The van der Waals surface area contributed by atoms with Gasteiger partial charge in [0, 0.05) is 17.7 Å². The number of imide groups is 1. The summed E-state index contributed by atoms with van der Waals surface area (Å²) in [7, 11) is 0. The molecule has 1 saturated heterocycles. The molecule has 2 saturated carbocycles. The molecule has 1 heterocycles. The van der Waals surface area contributed by atoms with E-state index in [9.17, 15) is 24.8 Å². The predicted molar refractivity (Wildman–Crippen MR) is 89.0 cm³/mol. The minimum atomic E-state index is -0.591. The molecule has 0 unspecified atom stereocenters. The van der Waals surface area contributed by atoms with Gasteiger partial charge in [-0.05, 0) is 36.2 Å². The van der Waals surface area contributed by atoms with Crippen molar-refractivity contribution in [3.05, 3.63) is 46.0 Å². The van der Waals surface area contributed by atoms with E-state index in [0.717, 1.165) is 30.1 Å². The van der Waals surface area contributed by atoms with E-state index in [0.29, 0.717) is 0 Å². The number of amides is 2. The zero-order valence-corrected chi connectivity index (χ0v) is 13.6. The number of hydrogen-bond donors (Lipinski definition) is 1. The maximum absolute atomic E-state index is 12.8. The van der Waals surface area contributed by atoms with Crippen LogP contribution in [0.2, 0.25) is 0 Å². The molecule has 1 aliphatic heterocycles. The van der Waals surface area contributed by atoms with Crippen molar-refractivity contribution in [2.45, 2.75) is 12.8 Å². The van der Waals surface area contributed by atoms with Gasteiger partial charge in [0.15, 0.2) is 0 Å². The van der Waals surface area contributed by atoms with Crippen molar-refractivity contribution in [2.24, 2.45) is 34.2 Å². The Kier molecular flexibility index (Phi) is 2.80. The molecule has 4 atom stereocenters. The van der Waals surface area contributed by atoms with Crippen LogP contribution in [0.25, 0.3) is 0 Å². The molecule has 4 aliphatic rings. The number of non-ortho nitro benzene ring substituents is 1. The smallest absolute Gasteiger partial charge is 0.270 e. The standard InChI is InChI=1S/C18H15N3O5/c22-13-4-1-10(21(25)26)7-9(13)8-19-20-16(23)14-11-2-3-12(15(14)17(20)24)18(11)5-6-18/h1-4,7-8,11-12,14-15,22H,5-6H2/b19-8+/t11-,12+,14-,15-/m0/s1. The van der Waals surface area contributed by atoms with Crippen LogP contribution in [0.15, 0.2) is 35.5 Å². The third-order valence-corrected chi connectivity index (χ3v) is 6.36. The van der Waals surface area contributed by atoms with Crippen molar-refractivity contribution >= 4 is 23.7 Å². The van der Waals surface area contributed by atoms with Crippen LogP contribution in [0.5, 0.6) is 5.75 Å². The van der Waals surface area contributed by atoms with Crippen LogP contribution < -0.4 is 0 Å². The molecule has 0 aromatic heterocycles. The molecule has 26 heavy (non-hydrogen) atoms. The first kappa shape index (κ1) is 15.2. The lowest BCUT2D eigenvalue weighted by molar-refractivity contribution is -0.384. The maximum atomic E-state index is 12.8. The number of allylic oxidation sites excluding steroid dienone is 2. The molecule has 5 rings (SSSR count). The molecule has 2 bridgehead atoms. The Balaban J connectivity index is 1.44. The van der Waals surface area contributed by atoms with Crippen LogP contribution in [0, 0.1) is 39.2 Å². The molecule has 1 aromatic rings. The second-order valence-corrected chi connectivity index (χ2v) is 7.45. The number of carbonyl (C=O) groups is 2. The summed E-state index contributed by atoms with van der Waals surface area (Å²) >= 11 is 0. The van der Waals surface area contributed by atoms with Gasteiger partial charge in [-0.3, -0.25) is 19.7 Å². The van der Waals surface area contributed by atoms with Crippen LogP contribution in [-0.2, 0) is 9.59 Å². The summed E-state index contributed by atoms with van der Waals surface area (Å²) in [5, 5.41) is 25.5. The number of nitrogens with zero attached hydrogens (tertiary/aromatic N) is 3. The van der Waals surface area contributed by atoms with Crippen LogP contribution in [0.1, 0.15) is 18.4 Å². The molecule has 8 heteroatoms. The van der Waals surface area contributed by atoms with Crippen molar-refractivity contribution in [3.63, 3.8) is 0 Å². The van der Waals surface area contributed by atoms with Gasteiger partial charge in [-0.15, -0.1) is 0 Å². The second-order valence-electron chi connectivity index (χ2n) is 7.45. The number of nitro benzene ring substituents is 1. The highest BCUT2D eigenvalue weighted by molar-refractivity contribution is 6.07. The number of phenolic OH excluding ortho intramolecular Hbond substituents is 1. The van der Waals surface area contributed by atoms with E-state index >= 15 is 0 Å². The Hall–Kier alpha value is -3.03. The highest BCUT2D eigenvalue weighted by Crippen LogP contribution is 2.73. The molecule has 3 fully saturated rings. The van der Waals surface area contributed by atoms with E-state index in [4.69, 9.17) is 0 Å². The summed E-state index contributed by atoms with van der Waals surface area (Å²) in [5.41, 5.74) is -0.0101. The molecular formula is C18H15N3O5. The monoisotopic (exact) mass is 353 g/mol. The van der Waals surface area contributed by atoms with E-state index in [1.807, 2.05) is 0 Å². The lowest BCUT2D eigenvalue weighted by Gasteiger charge is -2.18. The number of carbonyl (C=O) groups excluding carboxylic acids is 2. The zero-order valence-electron chi connectivity index (χ0n) is 13.6. The number of phenols is 1. The van der Waals surface area contributed by atoms with Crippen molar-refractivity contribution in [3.8, 4) is 5.75 Å². The summed E-state index contributed by atoms with van der Waals surface area (Å²) in [6, 6.07) is 3.50. The predicted octanol–water partition coefficient (Wildman–Crippen LogP) is 1.83. The zero-order chi connectivity index (χ0) is 18.2. The lowest BCUT2D eigenvalue weighted by atomic mass is 9.85. The van der Waals surface area contributed by atoms with Gasteiger partial charge in [0.25, 0.3) is 17.5 Å². The molecule has 3 aliphatic carbocycles. The van der Waals surface area contributed by atoms with Crippen LogP contribution in [0.3, 0.4) is 0 Å². The fourth-order valence-corrected chi connectivity index (χ4v) is 5.06. The third kappa shape index (κ3) is 1.76. The molecule has 1 spiro atoms. The minimum absolute atomic E-state index is 0.0802. The Morgan fingerprint density at radius 3 is 2.35 bits per heavy atom. The summed E-state index contributed by atoms with van der Waals surface area (Å²) < 4.78 is 0. The number of rotatable bonds is 3. The van der Waals surface area contributed by atoms with Crippen molar-refractivity contribution in [2.75, 3.05) is 0 Å². The molecule has 1 N–H and O–H groups in total. The number of hydrazone groups is 1. The van der Waals surface area contributed by atoms with Gasteiger partial charge in [-0.2, -0.15) is 10.1 Å². The number of aromatic hydroxyl groups is 1. The molecule has 132 valence electrons. The fourth-order valence-electron chi connectivity index (χ4n) is 5.06. The first-order chi connectivity index (χ1) is 12.4. The van der Waals surface area contributed by atoms with Gasteiger partial charge in [0.1, 0.15) is 5.75 Å². The number of hydrogen-bond acceptors (Lipinski definition) is 6. The quantitative estimate of drug-likeness (QED) is 0.293. The minimum Gasteiger partial charge on any atom is -0.507 e. The van der Waals surface area contributed by atoms with Crippen LogP contribution >= 0.6 is 0 Å². The fraction of sp³-hybridized carbons (Fsp3) is 0.389. The first-order valence-corrected chi connectivity index (χ1v) is 8.51. The highest BCUT2D eigenvalue weighted by Gasteiger charge is 2.73. The Morgan fingerprint density at radius 2 is 1.81 bits per heavy atom. The summed E-state index contributed by atoms with van der Waals surface area (Å²) in [6.07, 6.45) is 7.40. The number of nitro groups is 1. The van der Waals surface area contributed by atoms with Crippen molar-refractivity contribution in [1.29, 1.82) is 0 Å². The van der Waals surface area contributed by atoms with Gasteiger partial charge in [0.2, 0.25) is 0 Å². The van der Waals surface area contributed by atoms with Crippen molar-refractivity contribution < 1.29 is 19.6 Å². The highest BCUT2D eigenvalue weighted by atomic mass is 16.6. The van der Waals surface area contributed by atoms with Gasteiger partial charge in [-0.1, -0.05) is 12.2 Å². The first-order valence-electron chi connectivity index (χ1n) is 8.51. The topological polar surface area (TPSA) is 113 Å². The summed E-state index contributed by atoms with van der Waals surface area (Å²) in [6.45, 7) is 0. The summed E-state index contributed by atoms with van der Waals surface area (Å²) in [4.78, 5) is 35.8. The van der Waals surface area contributed by atoms with Gasteiger partial charge in [-0.25, -0.2) is 0 Å². The molecule has 1 aromatic carbocycles. The maximum Gasteiger partial charge on any atom is 0.270 e. The lowest BCUT2D eigenvalue weighted by Crippen LogP contribution is -2.30. The number of benzene rings is 1. The van der Waals surface area contributed by atoms with E-state index < -0.39 is 4.92 Å². The van der Waals surface area contributed by atoms with E-state index in [1.165, 1.54) is 12.1 Å². The van der Waals surface area contributed by atoms with Gasteiger partial charge >= 0.3 is 0 Å². The number of fused-ring (bicyclic) bond motifs is 3. The van der Waals surface area contributed by atoms with Crippen LogP contribution in [-0.4, -0.2) is 33.1 Å². The van der Waals surface area contributed by atoms with Crippen molar-refractivity contribution in [1.82, 2.24) is 5.01 Å². The van der Waals surface area contributed by atoms with Crippen LogP contribution in [0.4, 0.5) is 5.69 Å². The third-order valence-electron chi connectivity index (χ3n) is 6.36. The summed E-state index contributed by atoms with van der Waals surface area (Å²) in [5.74, 6) is -1.32. The van der Waals surface area contributed by atoms with Gasteiger partial charge in [0.05, 0.1) is 23.0 Å². The largest absolute Gasteiger partial charge is 0.507 e. The van der Waals surface area contributed by atoms with E-state index in [-0.39, 0.29) is 57.9 Å². The SMILES string of the molecule is O=C1[C@@H]2[C@@H](C(=O)N1/N=C/c1cc([N+](=O)[O-])ccc1O)[C@@H]1C=C[C@H]2C12CC2. The molecule has 2 amide bonds. The Labute approximate surface area is 147 Å². The van der Waals surface area contributed by atoms with Gasteiger partial charge < -0.3 is 5.11 Å². The van der Waals surface area contributed by atoms with E-state index in [1.54, 1.807) is 0 Å². The molecule has 8 nitrogen and oxygen atoms in total. The second kappa shape index (κ2) is 4.78. The normalized spacial score (nSPS) is 32.8. The Bertz CT molecular complexity index is 899. The average molecular weight is 353 g/mol. The average Bonchev–Trinajstić information content (AvgIpc) is 3.21. The Morgan fingerprint density at radius 1 is 1.19 bits per heavy atom. The van der Waals surface area contributed by atoms with E-state index in [2.05, 4.69) is 17.3 Å². The molecule has 0 radical (unpaired) electrons.